The zero-order valence-electron chi connectivity index (χ0n) is 27.3. The molecule has 0 bridgehead atoms. The summed E-state index contributed by atoms with van der Waals surface area (Å²) in [5, 5.41) is 53.6. The Kier molecular flexibility index (Phi) is 10.5. The number of azo groups is 3. The Morgan fingerprint density at radius 2 is 1.31 bits per heavy atom. The number of anilines is 1. The number of nitrogen functional groups attached to an aromatic ring is 1. The molecule has 0 spiro atoms. The molecule has 0 heterocycles. The number of carboxylic acid groups (broad SMARTS) is 1. The number of hydrogen-bond acceptors (Lipinski definition) is 17. The van der Waals surface area contributed by atoms with Crippen LogP contribution in [0.25, 0.3) is 10.8 Å². The van der Waals surface area contributed by atoms with Gasteiger partial charge in [0.2, 0.25) is 0 Å². The lowest BCUT2D eigenvalue weighted by Gasteiger charge is -2.14. The van der Waals surface area contributed by atoms with Crippen LogP contribution in [-0.2, 0) is 30.4 Å². The third kappa shape index (κ3) is 8.61. The zero-order valence-corrected chi connectivity index (χ0v) is 29.7. The van der Waals surface area contributed by atoms with Crippen molar-refractivity contribution in [2.75, 3.05) is 5.73 Å². The van der Waals surface area contributed by atoms with Gasteiger partial charge in [-0.3, -0.25) is 23.8 Å². The third-order valence-electron chi connectivity index (χ3n) is 7.39. The smallest absolute Gasteiger partial charge is 0.335 e. The number of carbonyl (C=O) groups is 1. The van der Waals surface area contributed by atoms with Gasteiger partial charge < -0.3 is 15.9 Å². The van der Waals surface area contributed by atoms with E-state index in [2.05, 4.69) is 30.7 Å². The fraction of sp³-hybridized carbons (Fsp3) is 0.0333. The van der Waals surface area contributed by atoms with E-state index in [0.29, 0.717) is 41.6 Å². The summed E-state index contributed by atoms with van der Waals surface area (Å²) in [5.74, 6) is -2.43. The van der Waals surface area contributed by atoms with E-state index in [-0.39, 0.29) is 16.9 Å². The molecule has 0 radical (unpaired) electrons. The summed E-state index contributed by atoms with van der Waals surface area (Å²) in [4.78, 5) is 18.4. The second kappa shape index (κ2) is 14.6. The molecule has 0 fully saturated rings. The van der Waals surface area contributed by atoms with E-state index >= 15 is 0 Å². The quantitative estimate of drug-likeness (QED) is 0.0256. The van der Waals surface area contributed by atoms with Crippen LogP contribution in [-0.4, -0.2) is 60.0 Å². The Hall–Kier alpha value is -6.64. The van der Waals surface area contributed by atoms with E-state index in [1.807, 2.05) is 0 Å². The predicted octanol–water partition coefficient (Wildman–Crippen LogP) is 7.03. The Labute approximate surface area is 308 Å². The number of fused-ring (bicyclic) bond motifs is 1. The van der Waals surface area contributed by atoms with Crippen LogP contribution in [0.3, 0.4) is 0 Å². The van der Waals surface area contributed by atoms with Crippen LogP contribution in [0, 0.1) is 17.0 Å². The molecule has 7 N–H and O–H groups in total. The number of hydrogen-bond donors (Lipinski definition) is 6. The Morgan fingerprint density at radius 1 is 0.709 bits per heavy atom. The first-order chi connectivity index (χ1) is 25.6. The van der Waals surface area contributed by atoms with Crippen LogP contribution < -0.4 is 5.73 Å². The number of rotatable bonds is 11. The van der Waals surface area contributed by atoms with E-state index < -0.39 is 101 Å². The lowest BCUT2D eigenvalue weighted by atomic mass is 10.0. The summed E-state index contributed by atoms with van der Waals surface area (Å²) >= 11 is 0. The van der Waals surface area contributed by atoms with Gasteiger partial charge in [-0.1, -0.05) is 6.07 Å². The molecule has 0 aliphatic heterocycles. The molecule has 0 aromatic heterocycles. The van der Waals surface area contributed by atoms with Crippen LogP contribution in [0.4, 0.5) is 45.5 Å². The average molecular weight is 815 g/mol. The number of carboxylic acids is 1. The van der Waals surface area contributed by atoms with Crippen molar-refractivity contribution in [2.45, 2.75) is 21.6 Å². The van der Waals surface area contributed by atoms with Gasteiger partial charge in [0.1, 0.15) is 26.1 Å². The lowest BCUT2D eigenvalue weighted by Crippen LogP contribution is -2.04. The molecule has 5 rings (SSSR count). The molecular weight excluding hydrogens is 793 g/mol. The van der Waals surface area contributed by atoms with Crippen molar-refractivity contribution < 1.29 is 58.8 Å². The van der Waals surface area contributed by atoms with Crippen LogP contribution in [0.15, 0.2) is 118 Å². The van der Waals surface area contributed by atoms with E-state index in [0.717, 1.165) is 0 Å². The molecule has 22 nitrogen and oxygen atoms in total. The van der Waals surface area contributed by atoms with E-state index in [1.165, 1.54) is 42.5 Å². The number of aromatic carboxylic acids is 1. The van der Waals surface area contributed by atoms with Crippen LogP contribution in [0.1, 0.15) is 15.9 Å². The third-order valence-corrected chi connectivity index (χ3v) is 10.0. The van der Waals surface area contributed by atoms with Crippen molar-refractivity contribution in [1.29, 1.82) is 0 Å². The molecular formula is C30H22N8O14S3. The summed E-state index contributed by atoms with van der Waals surface area (Å²) in [6.45, 7) is 1.63. The summed E-state index contributed by atoms with van der Waals surface area (Å²) in [7, 11) is -15.6. The van der Waals surface area contributed by atoms with Crippen molar-refractivity contribution in [3.05, 3.63) is 94.0 Å². The summed E-state index contributed by atoms with van der Waals surface area (Å²) in [6.07, 6.45) is 0. The molecule has 5 aromatic carbocycles. The Morgan fingerprint density at radius 3 is 1.89 bits per heavy atom. The molecule has 0 aliphatic carbocycles. The zero-order chi connectivity index (χ0) is 40.6. The number of nitro benzene ring substituents is 1. The van der Waals surface area contributed by atoms with E-state index in [4.69, 9.17) is 5.73 Å². The first-order valence-electron chi connectivity index (χ1n) is 14.6. The molecule has 5 aromatic rings. The number of nitrogens with zero attached hydrogens (tertiary/aromatic N) is 7. The van der Waals surface area contributed by atoms with Crippen LogP contribution >= 0.6 is 0 Å². The van der Waals surface area contributed by atoms with Crippen molar-refractivity contribution >= 4 is 92.6 Å². The second-order valence-electron chi connectivity index (χ2n) is 11.1. The standard InChI is InChI=1S/C30H22N8O14S3/c1-14-9-17(5-7-20(14)34-32-16-4-2-3-15(10-16)30(40)41)33-36-22-13-24(54(47,48)49)19-12-25(55(50,51)52)28(29(39)26(19)27(22)31)37-35-21-8-6-18(53(44,45)46)11-23(21)38(42)43/h2-13,39H,31H2,1H3,(H,40,41)(H,44,45,46)(H,47,48,49)(H,50,51,52). The molecule has 284 valence electrons. The van der Waals surface area contributed by atoms with E-state index in [1.54, 1.807) is 6.92 Å². The van der Waals surface area contributed by atoms with Crippen LogP contribution in [0.5, 0.6) is 5.75 Å². The van der Waals surface area contributed by atoms with Gasteiger partial charge in [-0.2, -0.15) is 40.6 Å². The van der Waals surface area contributed by atoms with Crippen molar-refractivity contribution in [2.24, 2.45) is 30.7 Å². The second-order valence-corrected chi connectivity index (χ2v) is 15.3. The summed E-state index contributed by atoms with van der Waals surface area (Å²) in [5.41, 5.74) is 3.46. The number of nitrogens with two attached hydrogens (primary N) is 1. The van der Waals surface area contributed by atoms with Gasteiger partial charge in [-0.05, 0) is 73.2 Å². The van der Waals surface area contributed by atoms with Gasteiger partial charge in [-0.25, -0.2) is 4.79 Å². The van der Waals surface area contributed by atoms with Crippen molar-refractivity contribution in [1.82, 2.24) is 0 Å². The van der Waals surface area contributed by atoms with E-state index in [9.17, 15) is 64.0 Å². The Bertz CT molecular complexity index is 2900. The number of phenols is 1. The van der Waals surface area contributed by atoms with Crippen LogP contribution in [0.2, 0.25) is 0 Å². The minimum atomic E-state index is -5.43. The normalized spacial score (nSPS) is 12.7. The number of aromatic hydroxyl groups is 1. The van der Waals surface area contributed by atoms with Gasteiger partial charge in [0.25, 0.3) is 36.0 Å². The molecule has 0 aliphatic rings. The molecule has 0 unspecified atom stereocenters. The molecule has 25 heteroatoms. The number of benzene rings is 5. The molecule has 0 amide bonds. The minimum Gasteiger partial charge on any atom is -0.505 e. The van der Waals surface area contributed by atoms with Crippen molar-refractivity contribution in [3.8, 4) is 5.75 Å². The maximum Gasteiger partial charge on any atom is 0.335 e. The number of aryl methyl sites for hydroxylation is 1. The number of phenolic OH excluding ortho intramolecular Hbond substituents is 1. The highest BCUT2D eigenvalue weighted by atomic mass is 32.2. The lowest BCUT2D eigenvalue weighted by molar-refractivity contribution is -0.384. The number of nitro groups is 1. The van der Waals surface area contributed by atoms with Gasteiger partial charge in [0.05, 0.1) is 38.6 Å². The molecule has 0 saturated carbocycles. The largest absolute Gasteiger partial charge is 0.505 e. The molecule has 55 heavy (non-hydrogen) atoms. The predicted molar refractivity (Wildman–Crippen MR) is 190 cm³/mol. The highest BCUT2D eigenvalue weighted by Gasteiger charge is 2.29. The average Bonchev–Trinajstić information content (AvgIpc) is 3.08. The molecule has 0 saturated heterocycles. The fourth-order valence-electron chi connectivity index (χ4n) is 4.84. The fourth-order valence-corrected chi connectivity index (χ4v) is 6.68. The van der Waals surface area contributed by atoms with Gasteiger partial charge in [0.15, 0.2) is 11.4 Å². The maximum absolute atomic E-state index is 12.5. The van der Waals surface area contributed by atoms with Gasteiger partial charge in [-0.15, -0.1) is 15.3 Å². The maximum atomic E-state index is 12.5. The summed E-state index contributed by atoms with van der Waals surface area (Å²) in [6, 6.07) is 13.0. The first kappa shape index (κ1) is 39.6. The van der Waals surface area contributed by atoms with Gasteiger partial charge in [0, 0.05) is 11.5 Å². The minimum absolute atomic E-state index is 0.000487. The molecule has 0 atom stereocenters. The SMILES string of the molecule is Cc1cc(N=Nc2cc(S(=O)(=O)O)c3cc(S(=O)(=O)O)c(N=Nc4ccc(S(=O)(=O)O)cc4[N+](=O)[O-])c(O)c3c2N)ccc1N=Nc1cccc(C(=O)O)c1. The highest BCUT2D eigenvalue weighted by Crippen LogP contribution is 2.48. The first-order valence-corrected chi connectivity index (χ1v) is 18.9. The monoisotopic (exact) mass is 814 g/mol. The van der Waals surface area contributed by atoms with Crippen molar-refractivity contribution in [3.63, 3.8) is 0 Å². The van der Waals surface area contributed by atoms with Gasteiger partial charge >= 0.3 is 5.97 Å². The summed E-state index contributed by atoms with van der Waals surface area (Å²) < 4.78 is 102. The Balaban J connectivity index is 1.63. The topological polar surface area (TPSA) is 364 Å². The highest BCUT2D eigenvalue weighted by molar-refractivity contribution is 7.86.